The Kier molecular flexibility index (Phi) is 8.55. The largest absolute Gasteiger partial charge is 0.355 e. The minimum absolute atomic E-state index is 0. The average Bonchev–Trinajstić information content (AvgIpc) is 3.03. The summed E-state index contributed by atoms with van der Waals surface area (Å²) >= 11 is 0. The van der Waals surface area contributed by atoms with E-state index in [4.69, 9.17) is 0 Å². The van der Waals surface area contributed by atoms with Crippen LogP contribution in [0.1, 0.15) is 36.0 Å². The molecule has 122 valence electrons. The summed E-state index contributed by atoms with van der Waals surface area (Å²) in [4.78, 5) is 23.4. The van der Waals surface area contributed by atoms with Crippen molar-refractivity contribution in [1.82, 2.24) is 16.0 Å². The Morgan fingerprint density at radius 1 is 1.18 bits per heavy atom. The van der Waals surface area contributed by atoms with Gasteiger partial charge in [-0.05, 0) is 37.9 Å². The van der Waals surface area contributed by atoms with Crippen LogP contribution < -0.4 is 16.0 Å². The monoisotopic (exact) mass is 325 g/mol. The van der Waals surface area contributed by atoms with Gasteiger partial charge in [-0.15, -0.1) is 12.4 Å². The molecule has 1 heterocycles. The number of benzene rings is 1. The van der Waals surface area contributed by atoms with E-state index in [1.807, 2.05) is 18.2 Å². The fourth-order valence-corrected chi connectivity index (χ4v) is 2.40. The SMILES string of the molecule is Cl.O=C(CCCNC(=O)c1ccccc1)NCC1CCCN1. The van der Waals surface area contributed by atoms with E-state index in [0.29, 0.717) is 37.5 Å². The van der Waals surface area contributed by atoms with Crippen LogP contribution in [-0.4, -0.2) is 37.5 Å². The summed E-state index contributed by atoms with van der Waals surface area (Å²) in [5.41, 5.74) is 0.647. The highest BCUT2D eigenvalue weighted by Gasteiger charge is 2.14. The lowest BCUT2D eigenvalue weighted by molar-refractivity contribution is -0.121. The minimum Gasteiger partial charge on any atom is -0.355 e. The lowest BCUT2D eigenvalue weighted by atomic mass is 10.2. The highest BCUT2D eigenvalue weighted by Crippen LogP contribution is 2.03. The van der Waals surface area contributed by atoms with E-state index in [0.717, 1.165) is 13.0 Å². The summed E-state index contributed by atoms with van der Waals surface area (Å²) in [6, 6.07) is 9.51. The average molecular weight is 326 g/mol. The van der Waals surface area contributed by atoms with Crippen molar-refractivity contribution in [2.24, 2.45) is 0 Å². The van der Waals surface area contributed by atoms with Crippen molar-refractivity contribution in [3.63, 3.8) is 0 Å². The standard InChI is InChI=1S/C16H23N3O2.ClH/c20-15(19-12-14-8-4-10-17-14)9-5-11-18-16(21)13-6-2-1-3-7-13;/h1-3,6-7,14,17H,4-5,8-12H2,(H,18,21)(H,19,20);1H. The van der Waals surface area contributed by atoms with Crippen LogP contribution in [0.15, 0.2) is 30.3 Å². The Morgan fingerprint density at radius 3 is 2.64 bits per heavy atom. The van der Waals surface area contributed by atoms with E-state index >= 15 is 0 Å². The number of amides is 2. The van der Waals surface area contributed by atoms with Crippen molar-refractivity contribution in [1.29, 1.82) is 0 Å². The molecule has 1 fully saturated rings. The molecule has 1 unspecified atom stereocenters. The lowest BCUT2D eigenvalue weighted by Gasteiger charge is -2.11. The molecule has 1 aromatic rings. The fourth-order valence-electron chi connectivity index (χ4n) is 2.40. The second-order valence-electron chi connectivity index (χ2n) is 5.32. The van der Waals surface area contributed by atoms with Gasteiger partial charge in [0.05, 0.1) is 0 Å². The van der Waals surface area contributed by atoms with Crippen molar-refractivity contribution < 1.29 is 9.59 Å². The first-order valence-corrected chi connectivity index (χ1v) is 7.59. The summed E-state index contributed by atoms with van der Waals surface area (Å²) in [6.07, 6.45) is 3.42. The minimum atomic E-state index is -0.0915. The summed E-state index contributed by atoms with van der Waals surface area (Å²) < 4.78 is 0. The summed E-state index contributed by atoms with van der Waals surface area (Å²) in [5.74, 6) is -0.0381. The fraction of sp³-hybridized carbons (Fsp3) is 0.500. The molecule has 1 atom stereocenters. The molecule has 1 saturated heterocycles. The van der Waals surface area contributed by atoms with Crippen molar-refractivity contribution in [3.05, 3.63) is 35.9 Å². The smallest absolute Gasteiger partial charge is 0.251 e. The zero-order valence-corrected chi connectivity index (χ0v) is 13.5. The molecule has 1 aliphatic heterocycles. The molecule has 0 spiro atoms. The van der Waals surface area contributed by atoms with E-state index in [2.05, 4.69) is 16.0 Å². The summed E-state index contributed by atoms with van der Waals surface area (Å²) in [6.45, 7) is 2.27. The van der Waals surface area contributed by atoms with E-state index in [-0.39, 0.29) is 24.2 Å². The van der Waals surface area contributed by atoms with Crippen molar-refractivity contribution in [3.8, 4) is 0 Å². The molecule has 0 bridgehead atoms. The van der Waals surface area contributed by atoms with Crippen LogP contribution in [0.5, 0.6) is 0 Å². The first kappa shape index (κ1) is 18.5. The third-order valence-electron chi connectivity index (χ3n) is 3.61. The first-order chi connectivity index (χ1) is 10.3. The molecular weight excluding hydrogens is 302 g/mol. The molecule has 6 heteroatoms. The van der Waals surface area contributed by atoms with Crippen LogP contribution in [0, 0.1) is 0 Å². The van der Waals surface area contributed by atoms with Gasteiger partial charge in [0.1, 0.15) is 0 Å². The Morgan fingerprint density at radius 2 is 1.95 bits per heavy atom. The summed E-state index contributed by atoms with van der Waals surface area (Å²) in [5, 5.41) is 9.09. The predicted molar refractivity (Wildman–Crippen MR) is 89.3 cm³/mol. The topological polar surface area (TPSA) is 70.2 Å². The molecule has 0 saturated carbocycles. The van der Waals surface area contributed by atoms with Gasteiger partial charge in [-0.1, -0.05) is 18.2 Å². The maximum absolute atomic E-state index is 11.8. The predicted octanol–water partition coefficient (Wildman–Crippen LogP) is 1.49. The molecule has 3 N–H and O–H groups in total. The highest BCUT2D eigenvalue weighted by atomic mass is 35.5. The van der Waals surface area contributed by atoms with Gasteiger partial charge in [-0.25, -0.2) is 0 Å². The van der Waals surface area contributed by atoms with Gasteiger partial charge in [0, 0.05) is 31.1 Å². The maximum atomic E-state index is 11.8. The van der Waals surface area contributed by atoms with E-state index in [1.54, 1.807) is 12.1 Å². The molecular formula is C16H24ClN3O2. The zero-order valence-electron chi connectivity index (χ0n) is 12.6. The Balaban J connectivity index is 0.00000242. The second kappa shape index (κ2) is 10.2. The first-order valence-electron chi connectivity index (χ1n) is 7.59. The highest BCUT2D eigenvalue weighted by molar-refractivity contribution is 5.94. The lowest BCUT2D eigenvalue weighted by Crippen LogP contribution is -2.37. The second-order valence-corrected chi connectivity index (χ2v) is 5.32. The molecule has 1 aromatic carbocycles. The van der Waals surface area contributed by atoms with Gasteiger partial charge >= 0.3 is 0 Å². The van der Waals surface area contributed by atoms with Crippen molar-refractivity contribution >= 4 is 24.2 Å². The third-order valence-corrected chi connectivity index (χ3v) is 3.61. The zero-order chi connectivity index (χ0) is 14.9. The van der Waals surface area contributed by atoms with Gasteiger partial charge in [0.2, 0.25) is 5.91 Å². The number of nitrogens with one attached hydrogen (secondary N) is 3. The number of hydrogen-bond donors (Lipinski definition) is 3. The Hall–Kier alpha value is -1.59. The van der Waals surface area contributed by atoms with Crippen LogP contribution in [0.3, 0.4) is 0 Å². The number of halogens is 1. The third kappa shape index (κ3) is 6.45. The maximum Gasteiger partial charge on any atom is 0.251 e. The van der Waals surface area contributed by atoms with Crippen LogP contribution in [0.25, 0.3) is 0 Å². The number of hydrogen-bond acceptors (Lipinski definition) is 3. The molecule has 0 aromatic heterocycles. The van der Waals surface area contributed by atoms with Crippen molar-refractivity contribution in [2.45, 2.75) is 31.7 Å². The quantitative estimate of drug-likeness (QED) is 0.665. The van der Waals surface area contributed by atoms with E-state index < -0.39 is 0 Å². The molecule has 0 aliphatic carbocycles. The van der Waals surface area contributed by atoms with Gasteiger partial charge < -0.3 is 16.0 Å². The van der Waals surface area contributed by atoms with Gasteiger partial charge in [-0.2, -0.15) is 0 Å². The molecule has 2 rings (SSSR count). The van der Waals surface area contributed by atoms with Gasteiger partial charge in [0.15, 0.2) is 0 Å². The summed E-state index contributed by atoms with van der Waals surface area (Å²) in [7, 11) is 0. The van der Waals surface area contributed by atoms with Crippen LogP contribution in [-0.2, 0) is 4.79 Å². The Labute approximate surface area is 137 Å². The number of carbonyl (C=O) groups excluding carboxylic acids is 2. The van der Waals surface area contributed by atoms with Crippen LogP contribution >= 0.6 is 12.4 Å². The Bertz CT molecular complexity index is 462. The van der Waals surface area contributed by atoms with E-state index in [9.17, 15) is 9.59 Å². The van der Waals surface area contributed by atoms with Crippen LogP contribution in [0.2, 0.25) is 0 Å². The van der Waals surface area contributed by atoms with Gasteiger partial charge in [0.25, 0.3) is 5.91 Å². The van der Waals surface area contributed by atoms with Crippen molar-refractivity contribution in [2.75, 3.05) is 19.6 Å². The molecule has 22 heavy (non-hydrogen) atoms. The number of rotatable bonds is 7. The molecule has 2 amide bonds. The van der Waals surface area contributed by atoms with Crippen LogP contribution in [0.4, 0.5) is 0 Å². The molecule has 5 nitrogen and oxygen atoms in total. The van der Waals surface area contributed by atoms with Gasteiger partial charge in [-0.3, -0.25) is 9.59 Å². The van der Waals surface area contributed by atoms with E-state index in [1.165, 1.54) is 6.42 Å². The molecule has 0 radical (unpaired) electrons. The molecule has 1 aliphatic rings. The normalized spacial score (nSPS) is 16.6. The number of carbonyl (C=O) groups is 2.